The lowest BCUT2D eigenvalue weighted by atomic mass is 9.73. The average Bonchev–Trinajstić information content (AvgIpc) is 3.22. The molecule has 16 nitrogen and oxygen atoms in total. The zero-order chi connectivity index (χ0) is 45.6. The Kier molecular flexibility index (Phi) is 17.9. The Morgan fingerprint density at radius 2 is 1.56 bits per heavy atom. The molecule has 0 radical (unpaired) electrons. The van der Waals surface area contributed by atoms with E-state index in [1.165, 1.54) is 27.2 Å². The molecule has 0 aromatic heterocycles. The molecule has 16 heteroatoms. The van der Waals surface area contributed by atoms with Crippen LogP contribution in [-0.2, 0) is 42.7 Å². The minimum Gasteiger partial charge on any atom is -0.459 e. The van der Waals surface area contributed by atoms with E-state index in [1.54, 1.807) is 53.7 Å². The van der Waals surface area contributed by atoms with Gasteiger partial charge in [0.25, 0.3) is 0 Å². The normalized spacial score (nSPS) is 43.5. The number of benzene rings is 1. The molecule has 61 heavy (non-hydrogen) atoms. The third-order valence-corrected chi connectivity index (χ3v) is 13.3. The lowest BCUT2D eigenvalue weighted by molar-refractivity contribution is -0.320. The van der Waals surface area contributed by atoms with Crippen molar-refractivity contribution in [3.63, 3.8) is 0 Å². The Bertz CT molecular complexity index is 1580. The number of aliphatic hydroxyl groups excluding tert-OH is 3. The van der Waals surface area contributed by atoms with Crippen LogP contribution in [0.2, 0.25) is 0 Å². The first-order valence-corrected chi connectivity index (χ1v) is 21.7. The number of hydrogen-bond donors (Lipinski definition) is 4. The fourth-order valence-electron chi connectivity index (χ4n) is 9.36. The highest BCUT2D eigenvalue weighted by Crippen LogP contribution is 2.42. The van der Waals surface area contributed by atoms with Crippen molar-refractivity contribution in [2.45, 2.75) is 179 Å². The van der Waals surface area contributed by atoms with Crippen LogP contribution in [0.5, 0.6) is 5.75 Å². The van der Waals surface area contributed by atoms with Crippen LogP contribution in [0.15, 0.2) is 35.5 Å². The van der Waals surface area contributed by atoms with Crippen LogP contribution in [0.3, 0.4) is 0 Å². The minimum atomic E-state index is -2.02. The first-order valence-electron chi connectivity index (χ1n) is 21.7. The van der Waals surface area contributed by atoms with Crippen molar-refractivity contribution in [1.29, 1.82) is 0 Å². The molecule has 1 aromatic carbocycles. The van der Waals surface area contributed by atoms with Gasteiger partial charge in [-0.3, -0.25) is 9.59 Å². The van der Waals surface area contributed by atoms with Gasteiger partial charge in [0.05, 0.1) is 60.5 Å². The number of likely N-dealkylation sites (N-methyl/N-ethyl adjacent to an activating group) is 1. The second-order valence-corrected chi connectivity index (χ2v) is 18.4. The van der Waals surface area contributed by atoms with E-state index in [2.05, 4.69) is 5.16 Å². The summed E-state index contributed by atoms with van der Waals surface area (Å²) in [5.41, 5.74) is -4.52. The molecule has 0 bridgehead atoms. The van der Waals surface area contributed by atoms with Gasteiger partial charge in [0.2, 0.25) is 0 Å². The molecule has 4 N–H and O–H groups in total. The Morgan fingerprint density at radius 1 is 0.902 bits per heavy atom. The quantitative estimate of drug-likeness (QED) is 0.134. The van der Waals surface area contributed by atoms with E-state index in [0.29, 0.717) is 12.2 Å². The Labute approximate surface area is 362 Å². The van der Waals surface area contributed by atoms with Gasteiger partial charge in [-0.1, -0.05) is 51.0 Å². The highest BCUT2D eigenvalue weighted by Gasteiger charge is 2.54. The van der Waals surface area contributed by atoms with Crippen LogP contribution in [0.25, 0.3) is 0 Å². The molecule has 3 aliphatic rings. The van der Waals surface area contributed by atoms with Gasteiger partial charge in [-0.05, 0) is 87.0 Å². The van der Waals surface area contributed by atoms with E-state index in [-0.39, 0.29) is 43.8 Å². The molecule has 3 fully saturated rings. The second kappa shape index (κ2) is 21.4. The fraction of sp³-hybridized carbons (Fsp3) is 0.800. The van der Waals surface area contributed by atoms with Gasteiger partial charge in [-0.25, -0.2) is 0 Å². The predicted molar refractivity (Wildman–Crippen MR) is 226 cm³/mol. The molecule has 348 valence electrons. The summed E-state index contributed by atoms with van der Waals surface area (Å²) in [6.45, 7) is 16.8. The molecule has 0 unspecified atom stereocenters. The van der Waals surface area contributed by atoms with Gasteiger partial charge in [0.15, 0.2) is 18.3 Å². The third kappa shape index (κ3) is 11.9. The lowest BCUT2D eigenvalue weighted by Crippen LogP contribution is -2.61. The molecule has 3 aliphatic heterocycles. The van der Waals surface area contributed by atoms with E-state index in [1.807, 2.05) is 51.0 Å². The molecule has 18 atom stereocenters. The summed E-state index contributed by atoms with van der Waals surface area (Å²) in [5, 5.41) is 50.4. The molecular weight excluding hydrogens is 792 g/mol. The van der Waals surface area contributed by atoms with Crippen molar-refractivity contribution in [1.82, 2.24) is 4.90 Å². The molecule has 0 aliphatic carbocycles. The molecule has 0 saturated carbocycles. The maximum atomic E-state index is 14.4. The van der Waals surface area contributed by atoms with Gasteiger partial charge in [0, 0.05) is 37.3 Å². The summed E-state index contributed by atoms with van der Waals surface area (Å²) in [6.07, 6.45) is -8.13. The largest absolute Gasteiger partial charge is 0.459 e. The number of oxime groups is 1. The molecule has 0 spiro atoms. The number of ether oxygens (including phenoxy) is 7. The van der Waals surface area contributed by atoms with Gasteiger partial charge >= 0.3 is 5.97 Å². The fourth-order valence-corrected chi connectivity index (χ4v) is 9.36. The topological polar surface area (TPSA) is 204 Å². The summed E-state index contributed by atoms with van der Waals surface area (Å²) < 4.78 is 44.9. The summed E-state index contributed by atoms with van der Waals surface area (Å²) in [7, 11) is 5.23. The highest BCUT2D eigenvalue weighted by molar-refractivity contribution is 5.83. The number of esters is 1. The maximum absolute atomic E-state index is 14.4. The summed E-state index contributed by atoms with van der Waals surface area (Å²) >= 11 is 0. The number of Topliss-reactive ketones (excluding diaryl/α,β-unsaturated/α-hetero) is 1. The number of aliphatic hydroxyl groups is 4. The molecule has 3 heterocycles. The number of methoxy groups -OCH3 is 1. The molecular formula is C45H74N2O14. The van der Waals surface area contributed by atoms with Gasteiger partial charge in [-0.15, -0.1) is 0 Å². The molecule has 1 aromatic rings. The zero-order valence-electron chi connectivity index (χ0n) is 38.4. The zero-order valence-corrected chi connectivity index (χ0v) is 38.4. The summed E-state index contributed by atoms with van der Waals surface area (Å²) in [5.74, 6) is -4.37. The standard InChI is InChI=1S/C45H74N2O14/c1-14-33-45(10,53)38(50)27(4)35(48)25(2)23-44(9,55-21-20-46-61-31-18-16-15-17-19-31)40(60-42-36(49)32(47(11)12)22-26(3)56-42)28(5)37(29(6)41(52)58-33)59-34-24-43(8,54-13)39(51)30(7)57-34/h15-20,25-30,32-34,36-40,42,49-51,53H,14,21-24H2,1-13H3/b46-20+/t25-,26-,27+,28+,29-,30+,32+,33-,34+,36-,37+,38-,39+,40-,42+,43-,44+,45-/m1/s1. The van der Waals surface area contributed by atoms with Crippen molar-refractivity contribution >= 4 is 18.0 Å². The van der Waals surface area contributed by atoms with E-state index >= 15 is 0 Å². The SMILES string of the molecule is CC[C@H]1OC(=O)[C@H](C)[C@@H](O[C@H]2C[C@@](C)(OC)[C@@H](O)[C@H](C)O2)[C@H](C)[C@@H](O[C@@H]2O[C@H](C)C[C@H](N(C)C)[C@H]2O)[C@@](C)(OC/C=N/Oc2ccccc2)C[C@@H](C)C(=O)[C@H](C)[C@@H](O)[C@]1(C)O. The molecule has 3 saturated heterocycles. The number of nitrogens with zero attached hydrogens (tertiary/aromatic N) is 2. The first kappa shape index (κ1) is 51.0. The number of ketones is 1. The maximum Gasteiger partial charge on any atom is 0.311 e. The lowest BCUT2D eigenvalue weighted by Gasteiger charge is -2.50. The van der Waals surface area contributed by atoms with E-state index in [9.17, 15) is 30.0 Å². The van der Waals surface area contributed by atoms with Crippen LogP contribution in [0.4, 0.5) is 0 Å². The second-order valence-electron chi connectivity index (χ2n) is 18.4. The number of carbonyl (C=O) groups is 2. The van der Waals surface area contributed by atoms with Crippen molar-refractivity contribution in [3.8, 4) is 5.75 Å². The van der Waals surface area contributed by atoms with Crippen molar-refractivity contribution in [2.24, 2.45) is 28.8 Å². The van der Waals surface area contributed by atoms with E-state index in [4.69, 9.17) is 38.0 Å². The number of cyclic esters (lactones) is 1. The average molecular weight is 867 g/mol. The summed E-state index contributed by atoms with van der Waals surface area (Å²) in [6, 6.07) is 8.65. The predicted octanol–water partition coefficient (Wildman–Crippen LogP) is 3.87. The number of para-hydroxylation sites is 1. The van der Waals surface area contributed by atoms with Crippen molar-refractivity contribution in [2.75, 3.05) is 27.8 Å². The van der Waals surface area contributed by atoms with Crippen LogP contribution in [0, 0.1) is 23.7 Å². The van der Waals surface area contributed by atoms with Gasteiger partial charge < -0.3 is 63.3 Å². The highest BCUT2D eigenvalue weighted by atomic mass is 16.7. The summed E-state index contributed by atoms with van der Waals surface area (Å²) in [4.78, 5) is 36.2. The Morgan fingerprint density at radius 3 is 2.16 bits per heavy atom. The minimum absolute atomic E-state index is 0.0105. The Balaban J connectivity index is 1.90. The number of hydrogen-bond acceptors (Lipinski definition) is 16. The van der Waals surface area contributed by atoms with Crippen LogP contribution >= 0.6 is 0 Å². The van der Waals surface area contributed by atoms with Gasteiger partial charge in [-0.2, -0.15) is 0 Å². The monoisotopic (exact) mass is 867 g/mol. The van der Waals surface area contributed by atoms with Gasteiger partial charge in [0.1, 0.15) is 29.7 Å². The van der Waals surface area contributed by atoms with Crippen molar-refractivity contribution in [3.05, 3.63) is 30.3 Å². The smallest absolute Gasteiger partial charge is 0.311 e. The van der Waals surface area contributed by atoms with Crippen molar-refractivity contribution < 1.29 is 68.0 Å². The van der Waals surface area contributed by atoms with Crippen LogP contribution < -0.4 is 4.84 Å². The number of carbonyl (C=O) groups excluding carboxylic acids is 2. The first-order chi connectivity index (χ1) is 28.5. The van der Waals surface area contributed by atoms with E-state index in [0.717, 1.165) is 0 Å². The Hall–Kier alpha value is -2.61. The molecule has 4 rings (SSSR count). The van der Waals surface area contributed by atoms with Crippen LogP contribution in [-0.4, -0.2) is 155 Å². The van der Waals surface area contributed by atoms with E-state index < -0.39 is 102 Å². The number of rotatable bonds is 12. The molecule has 0 amide bonds. The third-order valence-electron chi connectivity index (χ3n) is 13.3. The van der Waals surface area contributed by atoms with Crippen LogP contribution in [0.1, 0.15) is 94.9 Å².